The predicted molar refractivity (Wildman–Crippen MR) is 122 cm³/mol. The Balaban J connectivity index is 1.25. The SMILES string of the molecule is CCc1nncn1CCNC(=NCCCN1CCC(C)CC1)NC1CC2CCC1C2. The molecule has 3 fully saturated rings. The summed E-state index contributed by atoms with van der Waals surface area (Å²) in [6.45, 7) is 10.8. The molecule has 168 valence electrons. The lowest BCUT2D eigenvalue weighted by Gasteiger charge is -2.30. The quantitative estimate of drug-likeness (QED) is 0.369. The van der Waals surface area contributed by atoms with E-state index in [2.05, 4.69) is 44.1 Å². The van der Waals surface area contributed by atoms with E-state index in [9.17, 15) is 0 Å². The van der Waals surface area contributed by atoms with E-state index in [0.717, 1.165) is 62.0 Å². The first-order valence-electron chi connectivity index (χ1n) is 12.3. The highest BCUT2D eigenvalue weighted by Gasteiger charge is 2.39. The standard InChI is InChI=1S/C23H41N7/c1-3-22-28-26-17-30(22)14-10-25-23(27-21-16-19-5-6-20(21)15-19)24-9-4-11-29-12-7-18(2)8-13-29/h17-21H,3-16H2,1-2H3,(H2,24,25,27). The van der Waals surface area contributed by atoms with Crippen LogP contribution in [0.3, 0.4) is 0 Å². The van der Waals surface area contributed by atoms with Crippen LogP contribution in [0, 0.1) is 17.8 Å². The maximum Gasteiger partial charge on any atom is 0.191 e. The Morgan fingerprint density at radius 1 is 1.17 bits per heavy atom. The van der Waals surface area contributed by atoms with Crippen LogP contribution in [-0.4, -0.2) is 64.4 Å². The highest BCUT2D eigenvalue weighted by molar-refractivity contribution is 5.80. The predicted octanol–water partition coefficient (Wildman–Crippen LogP) is 2.69. The van der Waals surface area contributed by atoms with Gasteiger partial charge in [0, 0.05) is 32.1 Å². The summed E-state index contributed by atoms with van der Waals surface area (Å²) in [5.41, 5.74) is 0. The molecule has 3 unspecified atom stereocenters. The van der Waals surface area contributed by atoms with E-state index in [1.54, 1.807) is 0 Å². The van der Waals surface area contributed by atoms with Gasteiger partial charge in [-0.3, -0.25) is 4.99 Å². The maximum absolute atomic E-state index is 4.96. The number of fused-ring (bicyclic) bond motifs is 2. The fraction of sp³-hybridized carbons (Fsp3) is 0.870. The Morgan fingerprint density at radius 2 is 2.03 bits per heavy atom. The minimum atomic E-state index is 0.611. The molecule has 0 spiro atoms. The number of nitrogens with one attached hydrogen (secondary N) is 2. The lowest BCUT2D eigenvalue weighted by molar-refractivity contribution is 0.191. The van der Waals surface area contributed by atoms with Gasteiger partial charge in [-0.25, -0.2) is 0 Å². The summed E-state index contributed by atoms with van der Waals surface area (Å²) in [6.07, 6.45) is 12.2. The summed E-state index contributed by atoms with van der Waals surface area (Å²) >= 11 is 0. The van der Waals surface area contributed by atoms with E-state index < -0.39 is 0 Å². The third-order valence-electron chi connectivity index (χ3n) is 7.50. The van der Waals surface area contributed by atoms with E-state index in [-0.39, 0.29) is 0 Å². The topological polar surface area (TPSA) is 70.4 Å². The van der Waals surface area contributed by atoms with Gasteiger partial charge in [0.1, 0.15) is 12.2 Å². The molecule has 4 rings (SSSR count). The number of aliphatic imine (C=N–C) groups is 1. The monoisotopic (exact) mass is 415 g/mol. The summed E-state index contributed by atoms with van der Waals surface area (Å²) < 4.78 is 2.14. The van der Waals surface area contributed by atoms with E-state index in [1.807, 2.05) is 6.33 Å². The van der Waals surface area contributed by atoms with Gasteiger partial charge >= 0.3 is 0 Å². The first-order valence-corrected chi connectivity index (χ1v) is 12.3. The Morgan fingerprint density at radius 3 is 2.77 bits per heavy atom. The third-order valence-corrected chi connectivity index (χ3v) is 7.50. The molecule has 2 aliphatic carbocycles. The zero-order chi connectivity index (χ0) is 20.8. The lowest BCUT2D eigenvalue weighted by Crippen LogP contribution is -2.46. The molecule has 1 saturated heterocycles. The number of rotatable bonds is 9. The molecule has 0 radical (unpaired) electrons. The summed E-state index contributed by atoms with van der Waals surface area (Å²) in [7, 11) is 0. The number of likely N-dealkylation sites (tertiary alicyclic amines) is 1. The van der Waals surface area contributed by atoms with Crippen LogP contribution >= 0.6 is 0 Å². The number of nitrogens with zero attached hydrogens (tertiary/aromatic N) is 5. The fourth-order valence-electron chi connectivity index (χ4n) is 5.55. The second kappa shape index (κ2) is 10.6. The van der Waals surface area contributed by atoms with Gasteiger partial charge in [-0.15, -0.1) is 10.2 Å². The average molecular weight is 416 g/mol. The lowest BCUT2D eigenvalue weighted by atomic mass is 9.95. The minimum absolute atomic E-state index is 0.611. The number of guanidine groups is 1. The van der Waals surface area contributed by atoms with Crippen LogP contribution in [-0.2, 0) is 13.0 Å². The van der Waals surface area contributed by atoms with Gasteiger partial charge in [0.15, 0.2) is 5.96 Å². The normalized spacial score (nSPS) is 27.7. The van der Waals surface area contributed by atoms with Crippen molar-refractivity contribution in [2.24, 2.45) is 22.7 Å². The zero-order valence-corrected chi connectivity index (χ0v) is 19.0. The van der Waals surface area contributed by atoms with Gasteiger partial charge < -0.3 is 20.1 Å². The van der Waals surface area contributed by atoms with Crippen LogP contribution in [0.15, 0.2) is 11.3 Å². The van der Waals surface area contributed by atoms with E-state index in [4.69, 9.17) is 4.99 Å². The molecule has 1 aliphatic heterocycles. The highest BCUT2D eigenvalue weighted by atomic mass is 15.3. The largest absolute Gasteiger partial charge is 0.355 e. The molecule has 2 N–H and O–H groups in total. The van der Waals surface area contributed by atoms with Crippen molar-refractivity contribution in [1.29, 1.82) is 0 Å². The fourth-order valence-corrected chi connectivity index (χ4v) is 5.55. The van der Waals surface area contributed by atoms with Crippen LogP contribution in [0.1, 0.15) is 64.6 Å². The number of hydrogen-bond donors (Lipinski definition) is 2. The first kappa shape index (κ1) is 21.6. The number of piperidine rings is 1. The number of aryl methyl sites for hydroxylation is 1. The molecule has 3 aliphatic rings. The molecule has 30 heavy (non-hydrogen) atoms. The number of hydrogen-bond acceptors (Lipinski definition) is 4. The minimum Gasteiger partial charge on any atom is -0.355 e. The van der Waals surface area contributed by atoms with Gasteiger partial charge in [0.2, 0.25) is 0 Å². The van der Waals surface area contributed by atoms with E-state index in [1.165, 1.54) is 58.2 Å². The molecule has 2 heterocycles. The molecular formula is C23H41N7. The number of aromatic nitrogens is 3. The molecule has 1 aromatic heterocycles. The van der Waals surface area contributed by atoms with Gasteiger partial charge in [-0.05, 0) is 75.9 Å². The van der Waals surface area contributed by atoms with Crippen molar-refractivity contribution in [2.75, 3.05) is 32.7 Å². The third kappa shape index (κ3) is 5.74. The van der Waals surface area contributed by atoms with Crippen molar-refractivity contribution in [1.82, 2.24) is 30.3 Å². The van der Waals surface area contributed by atoms with Crippen LogP contribution < -0.4 is 10.6 Å². The highest BCUT2D eigenvalue weighted by Crippen LogP contribution is 2.44. The maximum atomic E-state index is 4.96. The van der Waals surface area contributed by atoms with Crippen LogP contribution in [0.4, 0.5) is 0 Å². The molecular weight excluding hydrogens is 374 g/mol. The zero-order valence-electron chi connectivity index (χ0n) is 19.0. The van der Waals surface area contributed by atoms with Crippen molar-refractivity contribution < 1.29 is 0 Å². The van der Waals surface area contributed by atoms with Crippen molar-refractivity contribution in [3.05, 3.63) is 12.2 Å². The molecule has 7 nitrogen and oxygen atoms in total. The van der Waals surface area contributed by atoms with Crippen LogP contribution in [0.2, 0.25) is 0 Å². The summed E-state index contributed by atoms with van der Waals surface area (Å²) in [6, 6.07) is 0.611. The second-order valence-electron chi connectivity index (χ2n) is 9.75. The van der Waals surface area contributed by atoms with Crippen molar-refractivity contribution in [2.45, 2.75) is 77.8 Å². The Kier molecular flexibility index (Phi) is 7.63. The molecule has 2 saturated carbocycles. The van der Waals surface area contributed by atoms with E-state index >= 15 is 0 Å². The van der Waals surface area contributed by atoms with E-state index in [0.29, 0.717) is 6.04 Å². The smallest absolute Gasteiger partial charge is 0.191 e. The van der Waals surface area contributed by atoms with Crippen molar-refractivity contribution in [3.63, 3.8) is 0 Å². The molecule has 7 heteroatoms. The molecule has 1 aromatic rings. The molecule has 3 atom stereocenters. The molecule has 2 bridgehead atoms. The Bertz CT molecular complexity index is 677. The first-order chi connectivity index (χ1) is 14.7. The van der Waals surface area contributed by atoms with Gasteiger partial charge in [0.25, 0.3) is 0 Å². The van der Waals surface area contributed by atoms with Crippen LogP contribution in [0.5, 0.6) is 0 Å². The summed E-state index contributed by atoms with van der Waals surface area (Å²) in [4.78, 5) is 7.57. The van der Waals surface area contributed by atoms with Crippen molar-refractivity contribution >= 4 is 5.96 Å². The molecule has 0 amide bonds. The Labute approximate surface area is 182 Å². The Hall–Kier alpha value is -1.63. The van der Waals surface area contributed by atoms with Crippen molar-refractivity contribution in [3.8, 4) is 0 Å². The van der Waals surface area contributed by atoms with Gasteiger partial charge in [-0.2, -0.15) is 0 Å². The molecule has 0 aromatic carbocycles. The van der Waals surface area contributed by atoms with Crippen LogP contribution in [0.25, 0.3) is 0 Å². The van der Waals surface area contributed by atoms with Gasteiger partial charge in [0.05, 0.1) is 0 Å². The summed E-state index contributed by atoms with van der Waals surface area (Å²) in [5, 5.41) is 15.6. The summed E-state index contributed by atoms with van der Waals surface area (Å²) in [5.74, 6) is 4.75. The second-order valence-corrected chi connectivity index (χ2v) is 9.75. The average Bonchev–Trinajstić information content (AvgIpc) is 3.49. The van der Waals surface area contributed by atoms with Gasteiger partial charge in [-0.1, -0.05) is 20.3 Å².